The molecule has 8 nitrogen and oxygen atoms in total. The highest BCUT2D eigenvalue weighted by Gasteiger charge is 2.23. The van der Waals surface area contributed by atoms with Crippen molar-refractivity contribution in [3.8, 4) is 5.88 Å². The minimum Gasteiger partial charge on any atom is -0.481 e. The molecule has 0 spiro atoms. The van der Waals surface area contributed by atoms with Crippen molar-refractivity contribution in [3.05, 3.63) is 34.4 Å². The number of aromatic amines is 1. The van der Waals surface area contributed by atoms with Gasteiger partial charge >= 0.3 is 0 Å². The number of likely N-dealkylation sites (tertiary alicyclic amines) is 1. The topological polar surface area (TPSA) is 96.0 Å². The largest absolute Gasteiger partial charge is 0.481 e. The maximum absolute atomic E-state index is 11.8. The second-order valence-electron chi connectivity index (χ2n) is 5.31. The fourth-order valence-corrected chi connectivity index (χ4v) is 2.54. The highest BCUT2D eigenvalue weighted by atomic mass is 16.5. The lowest BCUT2D eigenvalue weighted by Crippen LogP contribution is -2.17. The number of hydrogen-bond acceptors (Lipinski definition) is 7. The molecule has 1 fully saturated rings. The minimum atomic E-state index is -0.190. The van der Waals surface area contributed by atoms with E-state index in [0.29, 0.717) is 17.8 Å². The van der Waals surface area contributed by atoms with Crippen molar-refractivity contribution in [1.82, 2.24) is 24.8 Å². The van der Waals surface area contributed by atoms with E-state index >= 15 is 0 Å². The summed E-state index contributed by atoms with van der Waals surface area (Å²) in [5.74, 6) is 1.38. The predicted octanol–water partition coefficient (Wildman–Crippen LogP) is 0.731. The van der Waals surface area contributed by atoms with Crippen molar-refractivity contribution in [2.24, 2.45) is 0 Å². The van der Waals surface area contributed by atoms with E-state index in [-0.39, 0.29) is 11.5 Å². The molecule has 0 aliphatic carbocycles. The standard InChI is InChI=1S/C14H18N6O2/c1-20-6-4-9(8-20)10-7-11(21)17-14(16-10)19-13-15-5-3-12(18-13)22-2/h3,5,7,9H,4,6,8H2,1-2H3,(H2,15,16,17,18,19,21). The lowest BCUT2D eigenvalue weighted by atomic mass is 10.1. The number of nitrogens with zero attached hydrogens (tertiary/aromatic N) is 4. The zero-order chi connectivity index (χ0) is 15.5. The van der Waals surface area contributed by atoms with Crippen LogP contribution in [0.4, 0.5) is 11.9 Å². The molecular formula is C14H18N6O2. The molecule has 3 rings (SSSR count). The van der Waals surface area contributed by atoms with Gasteiger partial charge in [0.1, 0.15) is 0 Å². The van der Waals surface area contributed by atoms with Crippen LogP contribution in [0.2, 0.25) is 0 Å². The first-order valence-electron chi connectivity index (χ1n) is 7.08. The van der Waals surface area contributed by atoms with E-state index in [9.17, 15) is 4.79 Å². The lowest BCUT2D eigenvalue weighted by molar-refractivity contribution is 0.397. The van der Waals surface area contributed by atoms with Gasteiger partial charge in [0.15, 0.2) is 0 Å². The van der Waals surface area contributed by atoms with Gasteiger partial charge in [-0.15, -0.1) is 0 Å². The van der Waals surface area contributed by atoms with Gasteiger partial charge in [0.25, 0.3) is 5.56 Å². The Morgan fingerprint density at radius 1 is 1.45 bits per heavy atom. The summed E-state index contributed by atoms with van der Waals surface area (Å²) in [6.45, 7) is 1.92. The molecule has 1 aliphatic heterocycles. The summed E-state index contributed by atoms with van der Waals surface area (Å²) in [5.41, 5.74) is 0.600. The average molecular weight is 302 g/mol. The van der Waals surface area contributed by atoms with Crippen molar-refractivity contribution in [2.45, 2.75) is 12.3 Å². The smallest absolute Gasteiger partial charge is 0.252 e. The molecule has 8 heteroatoms. The van der Waals surface area contributed by atoms with Crippen LogP contribution in [0, 0.1) is 0 Å². The Labute approximate surface area is 127 Å². The maximum atomic E-state index is 11.8. The second-order valence-corrected chi connectivity index (χ2v) is 5.31. The molecule has 2 aromatic rings. The van der Waals surface area contributed by atoms with Crippen molar-refractivity contribution >= 4 is 11.9 Å². The first-order valence-corrected chi connectivity index (χ1v) is 7.08. The molecular weight excluding hydrogens is 284 g/mol. The summed E-state index contributed by atoms with van der Waals surface area (Å²) in [5, 5.41) is 2.91. The first kappa shape index (κ1) is 14.5. The average Bonchev–Trinajstić information content (AvgIpc) is 2.93. The van der Waals surface area contributed by atoms with E-state index in [0.717, 1.165) is 25.2 Å². The fraction of sp³-hybridized carbons (Fsp3) is 0.429. The van der Waals surface area contributed by atoms with Crippen LogP contribution in [0.3, 0.4) is 0 Å². The van der Waals surface area contributed by atoms with Crippen LogP contribution in [0.1, 0.15) is 18.0 Å². The fourth-order valence-electron chi connectivity index (χ4n) is 2.54. The number of anilines is 2. The minimum absolute atomic E-state index is 0.190. The third-order valence-electron chi connectivity index (χ3n) is 3.64. The molecule has 1 saturated heterocycles. The molecule has 2 aromatic heterocycles. The first-order chi connectivity index (χ1) is 10.6. The Kier molecular flexibility index (Phi) is 4.01. The van der Waals surface area contributed by atoms with Gasteiger partial charge in [0.2, 0.25) is 17.8 Å². The van der Waals surface area contributed by atoms with Crippen LogP contribution >= 0.6 is 0 Å². The number of hydrogen-bond donors (Lipinski definition) is 2. The normalized spacial score (nSPS) is 18.4. The summed E-state index contributed by atoms with van der Waals surface area (Å²) < 4.78 is 5.04. The number of likely N-dealkylation sites (N-methyl/N-ethyl adjacent to an activating group) is 1. The Bertz CT molecular complexity index is 716. The van der Waals surface area contributed by atoms with E-state index in [1.807, 2.05) is 0 Å². The zero-order valence-electron chi connectivity index (χ0n) is 12.5. The third-order valence-corrected chi connectivity index (χ3v) is 3.64. The zero-order valence-corrected chi connectivity index (χ0v) is 12.5. The molecule has 22 heavy (non-hydrogen) atoms. The molecule has 1 unspecified atom stereocenters. The summed E-state index contributed by atoms with van der Waals surface area (Å²) in [6, 6.07) is 3.20. The summed E-state index contributed by atoms with van der Waals surface area (Å²) in [7, 11) is 3.60. The molecule has 2 N–H and O–H groups in total. The Morgan fingerprint density at radius 3 is 3.05 bits per heavy atom. The van der Waals surface area contributed by atoms with Crippen LogP contribution in [0.15, 0.2) is 23.1 Å². The molecule has 0 amide bonds. The van der Waals surface area contributed by atoms with Crippen LogP contribution in [-0.2, 0) is 0 Å². The van der Waals surface area contributed by atoms with Crippen molar-refractivity contribution in [2.75, 3.05) is 32.6 Å². The summed E-state index contributed by atoms with van der Waals surface area (Å²) >= 11 is 0. The van der Waals surface area contributed by atoms with E-state index < -0.39 is 0 Å². The highest BCUT2D eigenvalue weighted by Crippen LogP contribution is 2.24. The molecule has 0 aromatic carbocycles. The van der Waals surface area contributed by atoms with Gasteiger partial charge in [-0.25, -0.2) is 9.97 Å². The van der Waals surface area contributed by atoms with E-state index in [1.165, 1.54) is 7.11 Å². The van der Waals surface area contributed by atoms with E-state index in [2.05, 4.69) is 37.2 Å². The van der Waals surface area contributed by atoms with Gasteiger partial charge in [-0.1, -0.05) is 0 Å². The number of rotatable bonds is 4. The maximum Gasteiger partial charge on any atom is 0.252 e. The number of ether oxygens (including phenoxy) is 1. The van der Waals surface area contributed by atoms with Crippen LogP contribution < -0.4 is 15.6 Å². The van der Waals surface area contributed by atoms with Crippen LogP contribution in [0.5, 0.6) is 5.88 Å². The Balaban J connectivity index is 1.84. The van der Waals surface area contributed by atoms with E-state index in [4.69, 9.17) is 4.74 Å². The van der Waals surface area contributed by atoms with Crippen LogP contribution in [-0.4, -0.2) is 52.1 Å². The van der Waals surface area contributed by atoms with Crippen LogP contribution in [0.25, 0.3) is 0 Å². The molecule has 0 bridgehead atoms. The quantitative estimate of drug-likeness (QED) is 0.859. The van der Waals surface area contributed by atoms with Gasteiger partial charge in [0.05, 0.1) is 12.8 Å². The van der Waals surface area contributed by atoms with Gasteiger partial charge in [-0.3, -0.25) is 15.1 Å². The molecule has 0 saturated carbocycles. The predicted molar refractivity (Wildman–Crippen MR) is 81.6 cm³/mol. The molecule has 3 heterocycles. The van der Waals surface area contributed by atoms with Gasteiger partial charge in [0, 0.05) is 30.8 Å². The molecule has 1 atom stereocenters. The third kappa shape index (κ3) is 3.22. The Morgan fingerprint density at radius 2 is 2.32 bits per heavy atom. The van der Waals surface area contributed by atoms with Crippen molar-refractivity contribution in [1.29, 1.82) is 0 Å². The monoisotopic (exact) mass is 302 g/mol. The van der Waals surface area contributed by atoms with Gasteiger partial charge in [-0.2, -0.15) is 4.98 Å². The Hall–Kier alpha value is -2.48. The van der Waals surface area contributed by atoms with Gasteiger partial charge < -0.3 is 9.64 Å². The SMILES string of the molecule is COc1ccnc(Nc2nc(C3CCN(C)C3)cc(=O)[nH]2)n1. The summed E-state index contributed by atoms with van der Waals surface area (Å²) in [4.78, 5) is 29.4. The van der Waals surface area contributed by atoms with Crippen molar-refractivity contribution in [3.63, 3.8) is 0 Å². The molecule has 116 valence electrons. The highest BCUT2D eigenvalue weighted by molar-refractivity contribution is 5.43. The number of aromatic nitrogens is 4. The lowest BCUT2D eigenvalue weighted by Gasteiger charge is -2.11. The molecule has 0 radical (unpaired) electrons. The van der Waals surface area contributed by atoms with Gasteiger partial charge in [-0.05, 0) is 20.0 Å². The summed E-state index contributed by atoms with van der Waals surface area (Å²) in [6.07, 6.45) is 2.57. The van der Waals surface area contributed by atoms with Crippen molar-refractivity contribution < 1.29 is 4.74 Å². The van der Waals surface area contributed by atoms with E-state index in [1.54, 1.807) is 18.3 Å². The second kappa shape index (κ2) is 6.10. The number of methoxy groups -OCH3 is 1. The molecule has 1 aliphatic rings. The number of nitrogens with one attached hydrogen (secondary N) is 2. The number of H-pyrrole nitrogens is 1.